The van der Waals surface area contributed by atoms with Crippen LogP contribution >= 0.6 is 0 Å². The quantitative estimate of drug-likeness (QED) is 0.609. The van der Waals surface area contributed by atoms with E-state index in [1.807, 2.05) is 6.92 Å². The largest absolute Gasteiger partial charge is 0.345 e. The molecule has 0 aliphatic heterocycles. The molecule has 0 bridgehead atoms. The van der Waals surface area contributed by atoms with Gasteiger partial charge >= 0.3 is 0 Å². The van der Waals surface area contributed by atoms with Crippen LogP contribution in [0.4, 0.5) is 0 Å². The van der Waals surface area contributed by atoms with Gasteiger partial charge in [0, 0.05) is 18.4 Å². The Labute approximate surface area is 80.3 Å². The van der Waals surface area contributed by atoms with Gasteiger partial charge in [0.25, 0.3) is 0 Å². The molecular weight excluding hydrogens is 182 g/mol. The summed E-state index contributed by atoms with van der Waals surface area (Å²) in [6, 6.07) is 0. The predicted octanol–water partition coefficient (Wildman–Crippen LogP) is -0.479. The second-order valence-corrected chi connectivity index (χ2v) is 2.93. The molecule has 0 amide bonds. The molecule has 2 aromatic heterocycles. The van der Waals surface area contributed by atoms with Crippen LogP contribution in [0.1, 0.15) is 17.3 Å². The molecule has 14 heavy (non-hydrogen) atoms. The van der Waals surface area contributed by atoms with Gasteiger partial charge in [-0.3, -0.25) is 0 Å². The number of imidazole rings is 1. The van der Waals surface area contributed by atoms with Crippen LogP contribution in [0.25, 0.3) is 0 Å². The minimum atomic E-state index is 0.592. The van der Waals surface area contributed by atoms with Crippen molar-refractivity contribution in [1.29, 1.82) is 0 Å². The Morgan fingerprint density at radius 1 is 1.43 bits per heavy atom. The fraction of sp³-hybridized carbons (Fsp3) is 0.429. The van der Waals surface area contributed by atoms with Gasteiger partial charge in [0.05, 0.1) is 6.54 Å². The molecule has 0 saturated carbocycles. The molecule has 2 aromatic rings. The van der Waals surface area contributed by atoms with E-state index < -0.39 is 0 Å². The van der Waals surface area contributed by atoms with Crippen molar-refractivity contribution < 1.29 is 0 Å². The summed E-state index contributed by atoms with van der Waals surface area (Å²) in [5, 5.41) is 16.6. The SMILES string of the molecule is Cc1ncc(CNCc2nn[nH]n2)[nH]1. The number of aryl methyl sites for hydroxylation is 1. The van der Waals surface area contributed by atoms with Gasteiger partial charge in [-0.2, -0.15) is 5.21 Å². The first kappa shape index (κ1) is 8.82. The molecule has 74 valence electrons. The van der Waals surface area contributed by atoms with Gasteiger partial charge in [-0.25, -0.2) is 4.98 Å². The van der Waals surface area contributed by atoms with Crippen LogP contribution in [-0.2, 0) is 13.1 Å². The number of tetrazole rings is 1. The minimum Gasteiger partial charge on any atom is -0.345 e. The van der Waals surface area contributed by atoms with Gasteiger partial charge in [-0.05, 0) is 6.92 Å². The van der Waals surface area contributed by atoms with Gasteiger partial charge in [0.15, 0.2) is 5.82 Å². The van der Waals surface area contributed by atoms with Crippen molar-refractivity contribution in [3.05, 3.63) is 23.5 Å². The fourth-order valence-electron chi connectivity index (χ4n) is 1.13. The van der Waals surface area contributed by atoms with E-state index in [-0.39, 0.29) is 0 Å². The van der Waals surface area contributed by atoms with Gasteiger partial charge in [0.1, 0.15) is 5.82 Å². The van der Waals surface area contributed by atoms with Gasteiger partial charge in [-0.15, -0.1) is 10.2 Å². The maximum atomic E-state index is 4.09. The van der Waals surface area contributed by atoms with Crippen molar-refractivity contribution >= 4 is 0 Å². The highest BCUT2D eigenvalue weighted by atomic mass is 15.5. The number of H-pyrrole nitrogens is 2. The Hall–Kier alpha value is -1.76. The van der Waals surface area contributed by atoms with E-state index in [0.717, 1.165) is 18.1 Å². The van der Waals surface area contributed by atoms with E-state index in [0.29, 0.717) is 12.4 Å². The van der Waals surface area contributed by atoms with Gasteiger partial charge < -0.3 is 10.3 Å². The van der Waals surface area contributed by atoms with E-state index in [1.165, 1.54) is 0 Å². The van der Waals surface area contributed by atoms with Crippen molar-refractivity contribution in [3.63, 3.8) is 0 Å². The first-order chi connectivity index (χ1) is 6.84. The number of aromatic nitrogens is 6. The Kier molecular flexibility index (Phi) is 2.50. The summed E-state index contributed by atoms with van der Waals surface area (Å²) >= 11 is 0. The van der Waals surface area contributed by atoms with E-state index in [2.05, 4.69) is 35.9 Å². The molecule has 0 unspecified atom stereocenters. The van der Waals surface area contributed by atoms with Gasteiger partial charge in [0.2, 0.25) is 0 Å². The van der Waals surface area contributed by atoms with Crippen LogP contribution in [0.15, 0.2) is 6.20 Å². The van der Waals surface area contributed by atoms with Crippen LogP contribution < -0.4 is 5.32 Å². The zero-order valence-corrected chi connectivity index (χ0v) is 7.78. The summed E-state index contributed by atoms with van der Waals surface area (Å²) in [5.74, 6) is 1.57. The highest BCUT2D eigenvalue weighted by Gasteiger charge is 1.98. The van der Waals surface area contributed by atoms with Gasteiger partial charge in [-0.1, -0.05) is 5.21 Å². The molecule has 0 aromatic carbocycles. The van der Waals surface area contributed by atoms with Crippen molar-refractivity contribution in [2.24, 2.45) is 0 Å². The van der Waals surface area contributed by atoms with E-state index >= 15 is 0 Å². The molecule has 7 nitrogen and oxygen atoms in total. The number of hydrogen-bond donors (Lipinski definition) is 3. The summed E-state index contributed by atoms with van der Waals surface area (Å²) in [4.78, 5) is 7.21. The molecule has 0 atom stereocenters. The molecular formula is C7H11N7. The predicted molar refractivity (Wildman–Crippen MR) is 48.0 cm³/mol. The molecule has 0 fully saturated rings. The van der Waals surface area contributed by atoms with E-state index in [9.17, 15) is 0 Å². The van der Waals surface area contributed by atoms with Crippen LogP contribution in [0.3, 0.4) is 0 Å². The average Bonchev–Trinajstić information content (AvgIpc) is 2.77. The van der Waals surface area contributed by atoms with Crippen molar-refractivity contribution in [2.75, 3.05) is 0 Å². The molecule has 3 N–H and O–H groups in total. The van der Waals surface area contributed by atoms with Crippen molar-refractivity contribution in [3.8, 4) is 0 Å². The molecule has 7 heteroatoms. The van der Waals surface area contributed by atoms with Crippen LogP contribution in [0, 0.1) is 6.92 Å². The summed E-state index contributed by atoms with van der Waals surface area (Å²) in [5.41, 5.74) is 1.05. The van der Waals surface area contributed by atoms with Crippen LogP contribution in [0.5, 0.6) is 0 Å². The zero-order chi connectivity index (χ0) is 9.80. The minimum absolute atomic E-state index is 0.592. The third-order valence-corrected chi connectivity index (χ3v) is 1.74. The first-order valence-corrected chi connectivity index (χ1v) is 4.28. The lowest BCUT2D eigenvalue weighted by Crippen LogP contribution is -2.14. The Morgan fingerprint density at radius 2 is 2.36 bits per heavy atom. The maximum Gasteiger partial charge on any atom is 0.188 e. The summed E-state index contributed by atoms with van der Waals surface area (Å²) in [7, 11) is 0. The topological polar surface area (TPSA) is 95.2 Å². The standard InChI is InChI=1S/C7H11N7/c1-5-9-3-6(10-5)2-8-4-7-11-13-14-12-7/h3,8H,2,4H2,1H3,(H,9,10)(H,11,12,13,14). The fourth-order valence-corrected chi connectivity index (χ4v) is 1.13. The third kappa shape index (κ3) is 2.13. The molecule has 0 spiro atoms. The molecule has 0 radical (unpaired) electrons. The summed E-state index contributed by atoms with van der Waals surface area (Å²) in [6.45, 7) is 3.23. The lowest BCUT2D eigenvalue weighted by molar-refractivity contribution is 0.654. The van der Waals surface area contributed by atoms with Crippen molar-refractivity contribution in [2.45, 2.75) is 20.0 Å². The second kappa shape index (κ2) is 3.97. The van der Waals surface area contributed by atoms with E-state index in [1.54, 1.807) is 6.20 Å². The molecule has 0 aliphatic rings. The number of nitrogens with zero attached hydrogens (tertiary/aromatic N) is 4. The number of hydrogen-bond acceptors (Lipinski definition) is 5. The average molecular weight is 193 g/mol. The lowest BCUT2D eigenvalue weighted by atomic mass is 10.4. The van der Waals surface area contributed by atoms with Crippen LogP contribution in [0.2, 0.25) is 0 Å². The van der Waals surface area contributed by atoms with E-state index in [4.69, 9.17) is 0 Å². The molecule has 2 rings (SSSR count). The maximum absolute atomic E-state index is 4.09. The Balaban J connectivity index is 1.78. The highest BCUT2D eigenvalue weighted by molar-refractivity contribution is 4.99. The molecule has 0 saturated heterocycles. The monoisotopic (exact) mass is 193 g/mol. The Bertz CT molecular complexity index is 376. The molecule has 0 aliphatic carbocycles. The second-order valence-electron chi connectivity index (χ2n) is 2.93. The lowest BCUT2D eigenvalue weighted by Gasteiger charge is -1.97. The van der Waals surface area contributed by atoms with Crippen molar-refractivity contribution in [1.82, 2.24) is 35.9 Å². The van der Waals surface area contributed by atoms with Crippen LogP contribution in [-0.4, -0.2) is 30.6 Å². The number of aromatic amines is 2. The Morgan fingerprint density at radius 3 is 3.00 bits per heavy atom. The summed E-state index contributed by atoms with van der Waals surface area (Å²) in [6.07, 6.45) is 1.80. The third-order valence-electron chi connectivity index (χ3n) is 1.74. The number of rotatable bonds is 4. The smallest absolute Gasteiger partial charge is 0.188 e. The highest BCUT2D eigenvalue weighted by Crippen LogP contribution is 1.94. The normalized spacial score (nSPS) is 10.6. The summed E-state index contributed by atoms with van der Waals surface area (Å²) < 4.78 is 0. The number of nitrogens with one attached hydrogen (secondary N) is 3. The first-order valence-electron chi connectivity index (χ1n) is 4.28. The zero-order valence-electron chi connectivity index (χ0n) is 7.78. The molecule has 2 heterocycles.